The summed E-state index contributed by atoms with van der Waals surface area (Å²) >= 11 is 0. The first-order valence-electron chi connectivity index (χ1n) is 4.45. The van der Waals surface area contributed by atoms with Crippen molar-refractivity contribution in [3.05, 3.63) is 0 Å². The molecule has 17 heteroatoms. The topological polar surface area (TPSA) is 66.8 Å². The minimum Gasteiger partial charge on any atom is -0.456 e. The van der Waals surface area contributed by atoms with Gasteiger partial charge in [0.15, 0.2) is 6.61 Å². The Bertz CT molecular complexity index is 270. The summed E-state index contributed by atoms with van der Waals surface area (Å²) in [5.74, 6) is 0. The Kier molecular flexibility index (Phi) is 15.1. The number of carboxylic acid groups (broad SMARTS) is 1. The molecule has 0 fully saturated rings. The molecular weight excluding hydrogens is 395 g/mol. The number of hydrogen-bond acceptors (Lipinski definition) is 3. The molecule has 0 radical (unpaired) electrons. The predicted octanol–water partition coefficient (Wildman–Crippen LogP) is 4.79. The monoisotopic (exact) mass is 402 g/mol. The molecule has 0 aliphatic carbocycles. The number of carbonyl (C=O) groups is 1. The fraction of sp³-hybridized carbons (Fsp3) is 0.857. The van der Waals surface area contributed by atoms with E-state index in [1.54, 1.807) is 0 Å². The summed E-state index contributed by atoms with van der Waals surface area (Å²) in [6.07, 6.45) is -21.5. The van der Waals surface area contributed by atoms with Crippen LogP contribution >= 0.6 is 0 Å². The normalized spacial score (nSPS) is 11.8. The number of halogens is 13. The molecular formula is C7H7F13O4. The van der Waals surface area contributed by atoms with Gasteiger partial charge in [0.2, 0.25) is 0 Å². The van der Waals surface area contributed by atoms with E-state index in [4.69, 9.17) is 15.0 Å². The van der Waals surface area contributed by atoms with Crippen LogP contribution in [0.5, 0.6) is 0 Å². The minimum absolute atomic E-state index is 0.188. The van der Waals surface area contributed by atoms with Crippen LogP contribution < -0.4 is 0 Å². The van der Waals surface area contributed by atoms with E-state index in [1.807, 2.05) is 0 Å². The van der Waals surface area contributed by atoms with Crippen LogP contribution in [-0.4, -0.2) is 48.1 Å². The molecule has 24 heavy (non-hydrogen) atoms. The van der Waals surface area contributed by atoms with Crippen molar-refractivity contribution in [1.82, 2.24) is 0 Å². The molecule has 0 saturated heterocycles. The average molecular weight is 402 g/mol. The van der Waals surface area contributed by atoms with Crippen molar-refractivity contribution in [2.75, 3.05) is 6.61 Å². The minimum atomic E-state index is -5.21. The maximum atomic E-state index is 11.0. The van der Waals surface area contributed by atoms with Crippen LogP contribution in [-0.2, 0) is 4.74 Å². The van der Waals surface area contributed by atoms with Gasteiger partial charge in [-0.25, -0.2) is 4.79 Å². The molecule has 0 bridgehead atoms. The van der Waals surface area contributed by atoms with Crippen molar-refractivity contribution >= 4 is 6.22 Å². The molecule has 0 aromatic rings. The Labute approximate surface area is 123 Å². The fourth-order valence-electron chi connectivity index (χ4n) is 0.164. The third kappa shape index (κ3) is 259. The van der Waals surface area contributed by atoms with Crippen LogP contribution in [0.2, 0.25) is 0 Å². The molecule has 0 aromatic heterocycles. The van der Waals surface area contributed by atoms with Gasteiger partial charge in [-0.2, -0.15) is 26.3 Å². The number of rotatable bonds is 1. The summed E-state index contributed by atoms with van der Waals surface area (Å²) in [5, 5.41) is 13.3. The molecule has 0 unspecified atom stereocenters. The maximum absolute atomic E-state index is 11.0. The van der Waals surface area contributed by atoms with Gasteiger partial charge in [0.1, 0.15) is 0 Å². The second-order valence-corrected chi connectivity index (χ2v) is 2.85. The van der Waals surface area contributed by atoms with E-state index in [0.717, 1.165) is 0 Å². The van der Waals surface area contributed by atoms with Crippen molar-refractivity contribution in [3.63, 3.8) is 0 Å². The SMILES string of the molecule is CC(F)(F)F.FC(F)(F)COC(F)(F)F.O=C(O)F.OC(F)(F)F. The predicted molar refractivity (Wildman–Crippen MR) is 47.2 cm³/mol. The van der Waals surface area contributed by atoms with Gasteiger partial charge in [-0.3, -0.25) is 4.74 Å². The van der Waals surface area contributed by atoms with E-state index < -0.39 is 37.9 Å². The maximum Gasteiger partial charge on any atom is 0.522 e. The van der Waals surface area contributed by atoms with Gasteiger partial charge < -0.3 is 10.2 Å². The quantitative estimate of drug-likeness (QED) is 0.489. The third-order valence-corrected chi connectivity index (χ3v) is 0.399. The van der Waals surface area contributed by atoms with E-state index in [0.29, 0.717) is 0 Å². The Balaban J connectivity index is -0.000000121. The lowest BCUT2D eigenvalue weighted by atomic mass is 10.7. The molecule has 0 saturated carbocycles. The van der Waals surface area contributed by atoms with Gasteiger partial charge in [-0.15, -0.1) is 30.7 Å². The molecule has 0 aliphatic heterocycles. The lowest BCUT2D eigenvalue weighted by Crippen LogP contribution is -2.24. The van der Waals surface area contributed by atoms with E-state index in [-0.39, 0.29) is 6.92 Å². The van der Waals surface area contributed by atoms with Crippen LogP contribution in [0.3, 0.4) is 0 Å². The van der Waals surface area contributed by atoms with Crippen molar-refractivity contribution in [2.24, 2.45) is 0 Å². The highest BCUT2D eigenvalue weighted by Crippen LogP contribution is 2.22. The summed E-state index contributed by atoms with van der Waals surface area (Å²) in [6, 6.07) is 0. The first kappa shape index (κ1) is 30.4. The van der Waals surface area contributed by atoms with Crippen molar-refractivity contribution in [3.8, 4) is 0 Å². The Morgan fingerprint density at radius 3 is 1.08 bits per heavy atom. The second-order valence-electron chi connectivity index (χ2n) is 2.85. The van der Waals surface area contributed by atoms with Crippen LogP contribution in [0, 0.1) is 0 Å². The zero-order chi connectivity index (χ0) is 21.0. The van der Waals surface area contributed by atoms with E-state index in [2.05, 4.69) is 4.74 Å². The molecule has 0 spiro atoms. The number of hydrogen-bond donors (Lipinski definition) is 2. The molecule has 150 valence electrons. The highest BCUT2D eigenvalue weighted by atomic mass is 19.4. The molecule has 0 atom stereocenters. The first-order chi connectivity index (χ1) is 9.94. The summed E-state index contributed by atoms with van der Waals surface area (Å²) in [6.45, 7) is -2.11. The Hall–Kier alpha value is -1.52. The number of ether oxygens (including phenoxy) is 1. The standard InChI is InChI=1S/C3H2F6O.C2H3F3.CHF3O.CHFO2/c4-2(5,6)1-10-3(7,8)9;1-2(3,4)5;2-1(3,4)5;2-1(3)4/h1H2;1H3;5H;(H,3,4). The zero-order valence-electron chi connectivity index (χ0n) is 10.8. The van der Waals surface area contributed by atoms with E-state index >= 15 is 0 Å². The molecule has 2 N–H and O–H groups in total. The lowest BCUT2D eigenvalue weighted by Gasteiger charge is -2.08. The van der Waals surface area contributed by atoms with Gasteiger partial charge in [-0.1, -0.05) is 0 Å². The van der Waals surface area contributed by atoms with Gasteiger partial charge in [0.25, 0.3) is 0 Å². The molecule has 0 amide bonds. The summed E-state index contributed by atoms with van der Waals surface area (Å²) < 4.78 is 139. The van der Waals surface area contributed by atoms with E-state index in [1.165, 1.54) is 0 Å². The van der Waals surface area contributed by atoms with Crippen LogP contribution in [0.1, 0.15) is 6.92 Å². The van der Waals surface area contributed by atoms with Crippen molar-refractivity contribution in [1.29, 1.82) is 0 Å². The van der Waals surface area contributed by atoms with Crippen molar-refractivity contribution in [2.45, 2.75) is 32.0 Å². The largest absolute Gasteiger partial charge is 0.522 e. The third-order valence-electron chi connectivity index (χ3n) is 0.399. The van der Waals surface area contributed by atoms with Gasteiger partial charge >= 0.3 is 31.3 Å². The molecule has 0 aliphatic rings. The van der Waals surface area contributed by atoms with Crippen LogP contribution in [0.4, 0.5) is 61.9 Å². The summed E-state index contributed by atoms with van der Waals surface area (Å²) in [5.41, 5.74) is 0. The van der Waals surface area contributed by atoms with Crippen molar-refractivity contribution < 1.29 is 76.8 Å². The van der Waals surface area contributed by atoms with Crippen LogP contribution in [0.25, 0.3) is 0 Å². The average Bonchev–Trinajstić information content (AvgIpc) is 2.05. The molecule has 4 nitrogen and oxygen atoms in total. The summed E-state index contributed by atoms with van der Waals surface area (Å²) in [7, 11) is 0. The van der Waals surface area contributed by atoms with Gasteiger partial charge in [0, 0.05) is 6.92 Å². The molecule has 0 rings (SSSR count). The highest BCUT2D eigenvalue weighted by molar-refractivity contribution is 5.54. The lowest BCUT2D eigenvalue weighted by molar-refractivity contribution is -0.352. The van der Waals surface area contributed by atoms with Gasteiger partial charge in [-0.05, 0) is 0 Å². The number of aliphatic hydroxyl groups is 1. The van der Waals surface area contributed by atoms with E-state index in [9.17, 15) is 57.1 Å². The molecule has 0 aromatic carbocycles. The first-order valence-corrected chi connectivity index (χ1v) is 4.45. The fourth-order valence-corrected chi connectivity index (χ4v) is 0.164. The zero-order valence-corrected chi connectivity index (χ0v) is 10.8. The van der Waals surface area contributed by atoms with Crippen LogP contribution in [0.15, 0.2) is 0 Å². The Morgan fingerprint density at radius 1 is 0.875 bits per heavy atom. The van der Waals surface area contributed by atoms with Gasteiger partial charge in [0.05, 0.1) is 0 Å². The number of alkyl halides is 12. The highest BCUT2D eigenvalue weighted by Gasteiger charge is 2.37. The Morgan fingerprint density at radius 2 is 1.04 bits per heavy atom. The second kappa shape index (κ2) is 11.9. The summed E-state index contributed by atoms with van der Waals surface area (Å²) in [4.78, 5) is 8.33. The smallest absolute Gasteiger partial charge is 0.456 e. The molecule has 0 heterocycles.